The lowest BCUT2D eigenvalue weighted by molar-refractivity contribution is 0.100. The van der Waals surface area contributed by atoms with Gasteiger partial charge in [-0.2, -0.15) is 4.98 Å². The fourth-order valence-electron chi connectivity index (χ4n) is 1.80. The first-order valence-corrected chi connectivity index (χ1v) is 6.86. The van der Waals surface area contributed by atoms with E-state index in [1.54, 1.807) is 25.3 Å². The van der Waals surface area contributed by atoms with Crippen molar-refractivity contribution >= 4 is 11.6 Å². The van der Waals surface area contributed by atoms with E-state index < -0.39 is 5.91 Å². The first-order chi connectivity index (χ1) is 10.3. The SMILES string of the molecule is COc1ccc(C(N)=O)cc1NCc1noc(C(C)(C)C)n1. The minimum Gasteiger partial charge on any atom is -0.495 e. The van der Waals surface area contributed by atoms with Crippen LogP contribution in [0.1, 0.15) is 42.8 Å². The van der Waals surface area contributed by atoms with Gasteiger partial charge >= 0.3 is 0 Å². The molecule has 0 aliphatic heterocycles. The highest BCUT2D eigenvalue weighted by atomic mass is 16.5. The van der Waals surface area contributed by atoms with E-state index in [1.807, 2.05) is 20.8 Å². The lowest BCUT2D eigenvalue weighted by Gasteiger charge is -2.11. The van der Waals surface area contributed by atoms with E-state index in [1.165, 1.54) is 0 Å². The molecule has 0 spiro atoms. The number of nitrogens with one attached hydrogen (secondary N) is 1. The summed E-state index contributed by atoms with van der Waals surface area (Å²) < 4.78 is 10.5. The van der Waals surface area contributed by atoms with E-state index in [4.69, 9.17) is 15.0 Å². The molecule has 0 unspecified atom stereocenters. The van der Waals surface area contributed by atoms with Crippen LogP contribution in [-0.2, 0) is 12.0 Å². The number of nitrogens with zero attached hydrogens (tertiary/aromatic N) is 2. The van der Waals surface area contributed by atoms with Crippen molar-refractivity contribution in [3.8, 4) is 5.75 Å². The van der Waals surface area contributed by atoms with Crippen molar-refractivity contribution in [1.82, 2.24) is 10.1 Å². The van der Waals surface area contributed by atoms with Gasteiger partial charge in [0.2, 0.25) is 11.8 Å². The molecule has 0 atom stereocenters. The number of primary amides is 1. The molecule has 1 heterocycles. The summed E-state index contributed by atoms with van der Waals surface area (Å²) in [6, 6.07) is 4.92. The summed E-state index contributed by atoms with van der Waals surface area (Å²) in [7, 11) is 1.55. The summed E-state index contributed by atoms with van der Waals surface area (Å²) >= 11 is 0. The zero-order chi connectivity index (χ0) is 16.3. The first-order valence-electron chi connectivity index (χ1n) is 6.86. The molecule has 0 radical (unpaired) electrons. The number of nitrogens with two attached hydrogens (primary N) is 1. The average molecular weight is 304 g/mol. The molecule has 0 saturated carbocycles. The van der Waals surface area contributed by atoms with Gasteiger partial charge in [-0.25, -0.2) is 0 Å². The van der Waals surface area contributed by atoms with Gasteiger partial charge in [0.05, 0.1) is 19.3 Å². The van der Waals surface area contributed by atoms with Gasteiger partial charge in [0.25, 0.3) is 0 Å². The van der Waals surface area contributed by atoms with Crippen LogP contribution >= 0.6 is 0 Å². The fourth-order valence-corrected chi connectivity index (χ4v) is 1.80. The smallest absolute Gasteiger partial charge is 0.248 e. The van der Waals surface area contributed by atoms with Crippen LogP contribution in [0.4, 0.5) is 5.69 Å². The van der Waals surface area contributed by atoms with Crippen LogP contribution in [0.25, 0.3) is 0 Å². The van der Waals surface area contributed by atoms with Crippen molar-refractivity contribution in [1.29, 1.82) is 0 Å². The number of anilines is 1. The van der Waals surface area contributed by atoms with Crippen LogP contribution < -0.4 is 15.8 Å². The van der Waals surface area contributed by atoms with E-state index >= 15 is 0 Å². The quantitative estimate of drug-likeness (QED) is 0.876. The van der Waals surface area contributed by atoms with Crippen molar-refractivity contribution < 1.29 is 14.1 Å². The maximum atomic E-state index is 11.3. The summed E-state index contributed by atoms with van der Waals surface area (Å²) in [5.41, 5.74) is 6.12. The van der Waals surface area contributed by atoms with Gasteiger partial charge in [0.1, 0.15) is 5.75 Å². The number of amides is 1. The molecular formula is C15H20N4O3. The predicted molar refractivity (Wildman–Crippen MR) is 81.8 cm³/mol. The van der Waals surface area contributed by atoms with Crippen molar-refractivity contribution in [2.45, 2.75) is 32.7 Å². The first kappa shape index (κ1) is 15.8. The molecule has 2 rings (SSSR count). The molecule has 22 heavy (non-hydrogen) atoms. The zero-order valence-corrected chi connectivity index (χ0v) is 13.1. The van der Waals surface area contributed by atoms with Gasteiger partial charge in [-0.1, -0.05) is 25.9 Å². The maximum Gasteiger partial charge on any atom is 0.248 e. The molecule has 0 fully saturated rings. The Hall–Kier alpha value is -2.57. The predicted octanol–water partition coefficient (Wildman–Crippen LogP) is 2.09. The van der Waals surface area contributed by atoms with Gasteiger partial charge in [-0.05, 0) is 18.2 Å². The molecule has 7 nitrogen and oxygen atoms in total. The summed E-state index contributed by atoms with van der Waals surface area (Å²) in [6.07, 6.45) is 0. The van der Waals surface area contributed by atoms with Crippen LogP contribution in [0, 0.1) is 0 Å². The lowest BCUT2D eigenvalue weighted by Crippen LogP contribution is -2.13. The third-order valence-corrected chi connectivity index (χ3v) is 3.03. The van der Waals surface area contributed by atoms with Crippen LogP contribution in [0.5, 0.6) is 5.75 Å². The number of rotatable bonds is 5. The molecule has 0 bridgehead atoms. The molecule has 0 aliphatic carbocycles. The Morgan fingerprint density at radius 3 is 2.68 bits per heavy atom. The van der Waals surface area contributed by atoms with Gasteiger partial charge < -0.3 is 20.3 Å². The third-order valence-electron chi connectivity index (χ3n) is 3.03. The summed E-state index contributed by atoms with van der Waals surface area (Å²) in [5.74, 6) is 1.20. The summed E-state index contributed by atoms with van der Waals surface area (Å²) in [6.45, 7) is 6.34. The van der Waals surface area contributed by atoms with Gasteiger partial charge in [0, 0.05) is 11.0 Å². The van der Waals surface area contributed by atoms with E-state index in [9.17, 15) is 4.79 Å². The maximum absolute atomic E-state index is 11.3. The highest BCUT2D eigenvalue weighted by Gasteiger charge is 2.21. The van der Waals surface area contributed by atoms with Gasteiger partial charge in [0.15, 0.2) is 5.82 Å². The number of hydrogen-bond donors (Lipinski definition) is 2. The molecular weight excluding hydrogens is 284 g/mol. The second-order valence-corrected chi connectivity index (χ2v) is 5.90. The number of hydrogen-bond acceptors (Lipinski definition) is 6. The molecule has 0 saturated heterocycles. The van der Waals surface area contributed by atoms with Crippen molar-refractivity contribution in [2.24, 2.45) is 5.73 Å². The van der Waals surface area contributed by atoms with Crippen LogP contribution in [0.15, 0.2) is 22.7 Å². The number of methoxy groups -OCH3 is 1. The van der Waals surface area contributed by atoms with E-state index in [0.717, 1.165) is 0 Å². The molecule has 0 aliphatic rings. The highest BCUT2D eigenvalue weighted by molar-refractivity contribution is 5.94. The third kappa shape index (κ3) is 3.55. The minimum atomic E-state index is -0.500. The molecule has 2 aromatic rings. The molecule has 7 heteroatoms. The Morgan fingerprint density at radius 1 is 1.41 bits per heavy atom. The Kier molecular flexibility index (Phi) is 4.35. The second-order valence-electron chi connectivity index (χ2n) is 5.90. The van der Waals surface area contributed by atoms with E-state index in [-0.39, 0.29) is 5.41 Å². The number of benzene rings is 1. The Morgan fingerprint density at radius 2 is 2.14 bits per heavy atom. The highest BCUT2D eigenvalue weighted by Crippen LogP contribution is 2.26. The molecule has 1 aromatic carbocycles. The molecule has 1 amide bonds. The van der Waals surface area contributed by atoms with Crippen LogP contribution in [-0.4, -0.2) is 23.2 Å². The topological polar surface area (TPSA) is 103 Å². The Balaban J connectivity index is 2.15. The summed E-state index contributed by atoms with van der Waals surface area (Å²) in [4.78, 5) is 15.6. The second kappa shape index (κ2) is 6.05. The molecule has 3 N–H and O–H groups in total. The van der Waals surface area contributed by atoms with Gasteiger partial charge in [-0.15, -0.1) is 0 Å². The van der Waals surface area contributed by atoms with Gasteiger partial charge in [-0.3, -0.25) is 4.79 Å². The van der Waals surface area contributed by atoms with Crippen LogP contribution in [0.3, 0.4) is 0 Å². The number of aromatic nitrogens is 2. The lowest BCUT2D eigenvalue weighted by atomic mass is 9.97. The summed E-state index contributed by atoms with van der Waals surface area (Å²) in [5, 5.41) is 7.05. The largest absolute Gasteiger partial charge is 0.495 e. The number of carbonyl (C=O) groups excluding carboxylic acids is 1. The van der Waals surface area contributed by atoms with Crippen molar-refractivity contribution in [3.63, 3.8) is 0 Å². The standard InChI is InChI=1S/C15H20N4O3/c1-15(2,3)14-18-12(19-22-14)8-17-10-7-9(13(16)20)5-6-11(10)21-4/h5-7,17H,8H2,1-4H3,(H2,16,20). The molecule has 118 valence electrons. The normalized spacial score (nSPS) is 11.3. The number of ether oxygens (including phenoxy) is 1. The van der Waals surface area contributed by atoms with E-state index in [0.29, 0.717) is 35.3 Å². The van der Waals surface area contributed by atoms with E-state index in [2.05, 4.69) is 15.5 Å². The molecule has 1 aromatic heterocycles. The number of carbonyl (C=O) groups is 1. The Labute approximate surface area is 128 Å². The van der Waals surface area contributed by atoms with Crippen molar-refractivity contribution in [3.05, 3.63) is 35.5 Å². The fraction of sp³-hybridized carbons (Fsp3) is 0.400. The monoisotopic (exact) mass is 304 g/mol. The Bertz CT molecular complexity index is 674. The zero-order valence-electron chi connectivity index (χ0n) is 13.1. The van der Waals surface area contributed by atoms with Crippen LogP contribution in [0.2, 0.25) is 0 Å². The minimum absolute atomic E-state index is 0.200. The van der Waals surface area contributed by atoms with Crippen molar-refractivity contribution in [2.75, 3.05) is 12.4 Å². The average Bonchev–Trinajstić information content (AvgIpc) is 2.93.